The Hall–Kier alpha value is -1.73. The summed E-state index contributed by atoms with van der Waals surface area (Å²) in [6, 6.07) is 0. The average Bonchev–Trinajstić information content (AvgIpc) is 2.48. The Balaban J connectivity index is 2.21. The molecule has 1 aromatic heterocycles. The molecule has 1 aromatic rings. The highest BCUT2D eigenvalue weighted by atomic mass is 32.2. The van der Waals surface area contributed by atoms with E-state index in [1.807, 2.05) is 4.90 Å². The number of nitrogens with one attached hydrogen (secondary N) is 1. The van der Waals surface area contributed by atoms with Crippen molar-refractivity contribution in [2.75, 3.05) is 31.1 Å². The Morgan fingerprint density at radius 2 is 1.95 bits per heavy atom. The molecule has 20 heavy (non-hydrogen) atoms. The van der Waals surface area contributed by atoms with Crippen molar-refractivity contribution in [1.82, 2.24) is 15.3 Å². The average molecular weight is 294 g/mol. The topological polar surface area (TPSA) is 75.2 Å². The van der Waals surface area contributed by atoms with Gasteiger partial charge in [-0.1, -0.05) is 12.7 Å². The Morgan fingerprint density at radius 1 is 1.35 bits per heavy atom. The maximum absolute atomic E-state index is 12.2. The van der Waals surface area contributed by atoms with Crippen LogP contribution in [0.3, 0.4) is 0 Å². The summed E-state index contributed by atoms with van der Waals surface area (Å²) in [4.78, 5) is 10.4. The molecule has 0 aliphatic carbocycles. The number of anilines is 1. The molecule has 0 atom stereocenters. The lowest BCUT2D eigenvalue weighted by atomic mass is 10.4. The lowest BCUT2D eigenvalue weighted by Crippen LogP contribution is -2.44. The number of aromatic nitrogens is 2. The van der Waals surface area contributed by atoms with Gasteiger partial charge in [-0.2, -0.15) is 0 Å². The first-order chi connectivity index (χ1) is 9.55. The highest BCUT2D eigenvalue weighted by Gasteiger charge is 2.19. The van der Waals surface area contributed by atoms with Gasteiger partial charge in [0.25, 0.3) is 0 Å². The number of piperazine rings is 1. The van der Waals surface area contributed by atoms with Gasteiger partial charge in [0.2, 0.25) is 15.8 Å². The Labute approximate surface area is 119 Å². The number of hydrogen-bond acceptors (Lipinski definition) is 6. The molecular formula is C13H18N4O2S. The Morgan fingerprint density at radius 3 is 2.50 bits per heavy atom. The first-order valence-corrected chi connectivity index (χ1v) is 7.88. The predicted molar refractivity (Wildman–Crippen MR) is 78.3 cm³/mol. The first kappa shape index (κ1) is 14.7. The Kier molecular flexibility index (Phi) is 4.51. The minimum atomic E-state index is -3.59. The van der Waals surface area contributed by atoms with Crippen molar-refractivity contribution in [3.05, 3.63) is 36.0 Å². The molecule has 108 valence electrons. The van der Waals surface area contributed by atoms with E-state index in [1.165, 1.54) is 18.5 Å². The minimum Gasteiger partial charge on any atom is -0.338 e. The van der Waals surface area contributed by atoms with Crippen LogP contribution in [-0.4, -0.2) is 44.6 Å². The molecule has 1 fully saturated rings. The van der Waals surface area contributed by atoms with Gasteiger partial charge in [-0.05, 0) is 13.0 Å². The van der Waals surface area contributed by atoms with Gasteiger partial charge in [0.15, 0.2) is 0 Å². The zero-order valence-corrected chi connectivity index (χ0v) is 12.2. The van der Waals surface area contributed by atoms with Crippen LogP contribution in [0.2, 0.25) is 0 Å². The van der Waals surface area contributed by atoms with Crippen molar-refractivity contribution in [2.24, 2.45) is 0 Å². The summed E-state index contributed by atoms with van der Waals surface area (Å²) in [5.41, 5.74) is 0. The summed E-state index contributed by atoms with van der Waals surface area (Å²) in [6.45, 7) is 8.68. The van der Waals surface area contributed by atoms with Crippen molar-refractivity contribution in [1.29, 1.82) is 0 Å². The van der Waals surface area contributed by atoms with Crippen LogP contribution in [0.4, 0.5) is 5.95 Å². The number of sulfone groups is 1. The van der Waals surface area contributed by atoms with Gasteiger partial charge >= 0.3 is 0 Å². The van der Waals surface area contributed by atoms with E-state index in [4.69, 9.17) is 0 Å². The molecule has 7 heteroatoms. The summed E-state index contributed by atoms with van der Waals surface area (Å²) in [6.07, 6.45) is 5.78. The van der Waals surface area contributed by atoms with E-state index in [0.717, 1.165) is 26.2 Å². The molecule has 0 amide bonds. The van der Waals surface area contributed by atoms with Crippen LogP contribution in [0.5, 0.6) is 0 Å². The van der Waals surface area contributed by atoms with Crippen molar-refractivity contribution in [2.45, 2.75) is 11.8 Å². The first-order valence-electron chi connectivity index (χ1n) is 6.40. The van der Waals surface area contributed by atoms with E-state index in [-0.39, 0.29) is 9.80 Å². The fourth-order valence-corrected chi connectivity index (χ4v) is 2.90. The van der Waals surface area contributed by atoms with Crippen molar-refractivity contribution in [3.63, 3.8) is 0 Å². The largest absolute Gasteiger partial charge is 0.338 e. The van der Waals surface area contributed by atoms with Gasteiger partial charge in [-0.15, -0.1) is 0 Å². The lowest BCUT2D eigenvalue weighted by molar-refractivity contribution is 0.578. The summed E-state index contributed by atoms with van der Waals surface area (Å²) in [7, 11) is -3.59. The molecule has 0 radical (unpaired) electrons. The number of allylic oxidation sites excluding steroid dienone is 2. The normalized spacial score (nSPS) is 16.6. The monoisotopic (exact) mass is 294 g/mol. The third-order valence-corrected chi connectivity index (χ3v) is 4.68. The molecule has 0 aromatic carbocycles. The van der Waals surface area contributed by atoms with Crippen molar-refractivity contribution < 1.29 is 8.42 Å². The van der Waals surface area contributed by atoms with Gasteiger partial charge in [0, 0.05) is 26.2 Å². The third-order valence-electron chi connectivity index (χ3n) is 3.02. The van der Waals surface area contributed by atoms with Gasteiger partial charge in [-0.25, -0.2) is 18.4 Å². The van der Waals surface area contributed by atoms with E-state index in [9.17, 15) is 8.42 Å². The maximum atomic E-state index is 12.2. The summed E-state index contributed by atoms with van der Waals surface area (Å²) in [5.74, 6) is 0.557. The minimum absolute atomic E-state index is 0.0403. The highest BCUT2D eigenvalue weighted by Crippen LogP contribution is 2.18. The molecular weight excluding hydrogens is 276 g/mol. The molecule has 0 unspecified atom stereocenters. The van der Waals surface area contributed by atoms with Crippen LogP contribution in [0.1, 0.15) is 6.92 Å². The van der Waals surface area contributed by atoms with E-state index < -0.39 is 9.84 Å². The zero-order valence-electron chi connectivity index (χ0n) is 11.4. The maximum Gasteiger partial charge on any atom is 0.225 e. The van der Waals surface area contributed by atoms with Crippen molar-refractivity contribution >= 4 is 15.8 Å². The second kappa shape index (κ2) is 6.15. The molecule has 6 nitrogen and oxygen atoms in total. The number of nitrogens with zero attached hydrogens (tertiary/aromatic N) is 3. The molecule has 0 bridgehead atoms. The van der Waals surface area contributed by atoms with Gasteiger partial charge in [-0.3, -0.25) is 0 Å². The molecule has 1 aliphatic heterocycles. The molecule has 0 spiro atoms. The second-order valence-corrected chi connectivity index (χ2v) is 6.43. The van der Waals surface area contributed by atoms with E-state index in [2.05, 4.69) is 21.9 Å². The molecule has 1 saturated heterocycles. The quantitative estimate of drug-likeness (QED) is 0.826. The van der Waals surface area contributed by atoms with Crippen LogP contribution in [-0.2, 0) is 9.84 Å². The van der Waals surface area contributed by atoms with Crippen LogP contribution in [0.25, 0.3) is 0 Å². The SMILES string of the molecule is C=C(/C=C\C)S(=O)(=O)c1cnc(N2CCNCC2)nc1. The van der Waals surface area contributed by atoms with Crippen LogP contribution < -0.4 is 10.2 Å². The molecule has 1 aliphatic rings. The van der Waals surface area contributed by atoms with Gasteiger partial charge in [0.05, 0.1) is 17.3 Å². The number of rotatable bonds is 4. The predicted octanol–water partition coefficient (Wildman–Crippen LogP) is 0.750. The third kappa shape index (κ3) is 3.05. The molecule has 2 rings (SSSR count). The smallest absolute Gasteiger partial charge is 0.225 e. The zero-order chi connectivity index (χ0) is 14.6. The lowest BCUT2D eigenvalue weighted by Gasteiger charge is -2.27. The van der Waals surface area contributed by atoms with E-state index >= 15 is 0 Å². The highest BCUT2D eigenvalue weighted by molar-refractivity contribution is 7.95. The van der Waals surface area contributed by atoms with Crippen LogP contribution in [0, 0.1) is 0 Å². The standard InChI is InChI=1S/C13H18N4O2S/c1-3-4-11(2)20(18,19)12-9-15-13(16-10-12)17-7-5-14-6-8-17/h3-4,9-10,14H,2,5-8H2,1H3/b4-3-. The summed E-state index contributed by atoms with van der Waals surface area (Å²) in [5, 5.41) is 3.24. The molecule has 1 N–H and O–H groups in total. The fraction of sp³-hybridized carbons (Fsp3) is 0.385. The number of hydrogen-bond donors (Lipinski definition) is 1. The van der Waals surface area contributed by atoms with E-state index in [0.29, 0.717) is 5.95 Å². The van der Waals surface area contributed by atoms with Crippen LogP contribution in [0.15, 0.2) is 40.9 Å². The molecule has 2 heterocycles. The van der Waals surface area contributed by atoms with Crippen LogP contribution >= 0.6 is 0 Å². The molecule has 0 saturated carbocycles. The Bertz CT molecular complexity index is 602. The second-order valence-electron chi connectivity index (χ2n) is 4.43. The van der Waals surface area contributed by atoms with Gasteiger partial charge in [0.1, 0.15) is 4.90 Å². The summed E-state index contributed by atoms with van der Waals surface area (Å²) < 4.78 is 24.3. The fourth-order valence-electron chi connectivity index (χ4n) is 1.90. The van der Waals surface area contributed by atoms with Gasteiger partial charge < -0.3 is 10.2 Å². The van der Waals surface area contributed by atoms with E-state index in [1.54, 1.807) is 13.0 Å². The summed E-state index contributed by atoms with van der Waals surface area (Å²) >= 11 is 0. The van der Waals surface area contributed by atoms with Crippen molar-refractivity contribution in [3.8, 4) is 0 Å².